The van der Waals surface area contributed by atoms with E-state index in [-0.39, 0.29) is 12.5 Å². The monoisotopic (exact) mass is 271 g/mol. The third kappa shape index (κ3) is 3.67. The average Bonchev–Trinajstić information content (AvgIpc) is 2.85. The maximum absolute atomic E-state index is 12.0. The highest BCUT2D eigenvalue weighted by molar-refractivity contribution is 6.03. The Morgan fingerprint density at radius 3 is 3.00 bits per heavy atom. The number of nitrogens with zero attached hydrogens (tertiary/aromatic N) is 2. The molecule has 102 valence electrons. The van der Waals surface area contributed by atoms with Gasteiger partial charge in [0.1, 0.15) is 5.76 Å². The van der Waals surface area contributed by atoms with Crippen LogP contribution in [0.3, 0.4) is 0 Å². The fraction of sp³-hybridized carbons (Fsp3) is 0.214. The van der Waals surface area contributed by atoms with Crippen molar-refractivity contribution in [1.29, 1.82) is 0 Å². The van der Waals surface area contributed by atoms with Crippen molar-refractivity contribution in [2.24, 2.45) is 0 Å². The lowest BCUT2D eigenvalue weighted by Crippen LogP contribution is -2.12. The fourth-order valence-electron chi connectivity index (χ4n) is 1.47. The molecule has 0 aliphatic carbocycles. The smallest absolute Gasteiger partial charge is 0.258 e. The van der Waals surface area contributed by atoms with E-state index in [4.69, 9.17) is 9.63 Å². The van der Waals surface area contributed by atoms with Crippen molar-refractivity contribution >= 4 is 11.7 Å². The molecule has 0 fully saturated rings. The molecule has 20 heavy (non-hydrogen) atoms. The van der Waals surface area contributed by atoms with Gasteiger partial charge in [0.05, 0.1) is 12.2 Å². The van der Waals surface area contributed by atoms with Gasteiger partial charge in [-0.15, -0.1) is 0 Å². The topological polar surface area (TPSA) is 88.2 Å². The summed E-state index contributed by atoms with van der Waals surface area (Å²) in [7, 11) is 0. The zero-order chi connectivity index (χ0) is 14.4. The number of carbonyl (C=O) groups excluding carboxylic acids is 1. The molecular weight excluding hydrogens is 258 g/mol. The normalized spacial score (nSPS) is 9.70. The van der Waals surface area contributed by atoms with Crippen molar-refractivity contribution in [3.8, 4) is 11.8 Å². The molecule has 0 spiro atoms. The van der Waals surface area contributed by atoms with Gasteiger partial charge >= 0.3 is 0 Å². The van der Waals surface area contributed by atoms with E-state index in [0.29, 0.717) is 29.1 Å². The molecule has 2 heterocycles. The summed E-state index contributed by atoms with van der Waals surface area (Å²) in [5.41, 5.74) is 0.990. The van der Waals surface area contributed by atoms with Crippen molar-refractivity contribution in [2.45, 2.75) is 13.3 Å². The number of amides is 1. The first kappa shape index (κ1) is 13.8. The summed E-state index contributed by atoms with van der Waals surface area (Å²) in [6.45, 7) is 1.74. The molecule has 0 aliphatic heterocycles. The zero-order valence-electron chi connectivity index (χ0n) is 10.9. The molecule has 1 amide bonds. The van der Waals surface area contributed by atoms with Gasteiger partial charge in [0.15, 0.2) is 5.82 Å². The summed E-state index contributed by atoms with van der Waals surface area (Å²) < 4.78 is 4.86. The minimum atomic E-state index is -0.336. The Bertz CT molecular complexity index is 668. The summed E-state index contributed by atoms with van der Waals surface area (Å²) in [5.74, 6) is 6.22. The Morgan fingerprint density at radius 2 is 2.30 bits per heavy atom. The van der Waals surface area contributed by atoms with Crippen LogP contribution < -0.4 is 5.32 Å². The predicted octanol–water partition coefficient (Wildman–Crippen LogP) is 1.36. The Kier molecular flexibility index (Phi) is 4.47. The molecule has 2 aromatic rings. The van der Waals surface area contributed by atoms with Gasteiger partial charge in [-0.05, 0) is 13.0 Å². The molecule has 6 nitrogen and oxygen atoms in total. The van der Waals surface area contributed by atoms with Crippen LogP contribution in [0.15, 0.2) is 29.0 Å². The molecule has 0 atom stereocenters. The number of aryl methyl sites for hydroxylation is 1. The van der Waals surface area contributed by atoms with Crippen LogP contribution >= 0.6 is 0 Å². The first-order valence-corrected chi connectivity index (χ1v) is 5.98. The molecule has 6 heteroatoms. The Hall–Kier alpha value is -2.65. The maximum Gasteiger partial charge on any atom is 0.258 e. The molecule has 2 N–H and O–H groups in total. The Morgan fingerprint density at radius 1 is 1.45 bits per heavy atom. The second-order valence-corrected chi connectivity index (χ2v) is 4.01. The van der Waals surface area contributed by atoms with Crippen molar-refractivity contribution in [3.63, 3.8) is 0 Å². The van der Waals surface area contributed by atoms with Crippen molar-refractivity contribution in [1.82, 2.24) is 10.1 Å². The number of aliphatic hydroxyl groups excluding tert-OH is 1. The fourth-order valence-corrected chi connectivity index (χ4v) is 1.47. The van der Waals surface area contributed by atoms with Crippen LogP contribution in [0, 0.1) is 18.8 Å². The zero-order valence-corrected chi connectivity index (χ0v) is 10.9. The second kappa shape index (κ2) is 6.50. The number of hydrogen-bond donors (Lipinski definition) is 2. The summed E-state index contributed by atoms with van der Waals surface area (Å²) in [6.07, 6.45) is 3.38. The third-order valence-corrected chi connectivity index (χ3v) is 2.34. The number of aromatic nitrogens is 2. The standard InChI is InChI=1S/C14H13N3O3/c1-10-6-13(17-20-10)16-14(19)12-7-11(8-15-9-12)4-2-3-5-18/h6-9,18H,3,5H2,1H3,(H,16,17,19). The van der Waals surface area contributed by atoms with Gasteiger partial charge in [0.2, 0.25) is 0 Å². The van der Waals surface area contributed by atoms with Crippen LogP contribution in [0.4, 0.5) is 5.82 Å². The number of aliphatic hydroxyl groups is 1. The van der Waals surface area contributed by atoms with Crippen LogP contribution in [0.1, 0.15) is 28.1 Å². The Balaban J connectivity index is 2.10. The van der Waals surface area contributed by atoms with Gasteiger partial charge in [-0.3, -0.25) is 9.78 Å². The lowest BCUT2D eigenvalue weighted by Gasteiger charge is -2.01. The SMILES string of the molecule is Cc1cc(NC(=O)c2cncc(C#CCCO)c2)no1. The van der Waals surface area contributed by atoms with Crippen LogP contribution in [-0.2, 0) is 0 Å². The van der Waals surface area contributed by atoms with E-state index in [2.05, 4.69) is 27.3 Å². The Labute approximate surface area is 115 Å². The van der Waals surface area contributed by atoms with E-state index in [9.17, 15) is 4.79 Å². The minimum Gasteiger partial charge on any atom is -0.395 e. The second-order valence-electron chi connectivity index (χ2n) is 4.01. The number of pyridine rings is 1. The van der Waals surface area contributed by atoms with Crippen molar-refractivity contribution in [2.75, 3.05) is 11.9 Å². The summed E-state index contributed by atoms with van der Waals surface area (Å²) in [6, 6.07) is 3.25. The molecule has 0 radical (unpaired) electrons. The van der Waals surface area contributed by atoms with Gasteiger partial charge in [-0.2, -0.15) is 0 Å². The molecule has 2 aromatic heterocycles. The quantitative estimate of drug-likeness (QED) is 0.823. The van der Waals surface area contributed by atoms with Crippen molar-refractivity contribution < 1.29 is 14.4 Å². The van der Waals surface area contributed by atoms with Crippen LogP contribution in [0.2, 0.25) is 0 Å². The summed E-state index contributed by atoms with van der Waals surface area (Å²) in [5, 5.41) is 14.9. The van der Waals surface area contributed by atoms with Gasteiger partial charge in [-0.1, -0.05) is 17.0 Å². The van der Waals surface area contributed by atoms with Gasteiger partial charge < -0.3 is 14.9 Å². The maximum atomic E-state index is 12.0. The summed E-state index contributed by atoms with van der Waals surface area (Å²) in [4.78, 5) is 15.9. The van der Waals surface area contributed by atoms with E-state index in [1.54, 1.807) is 25.3 Å². The van der Waals surface area contributed by atoms with Crippen LogP contribution in [-0.4, -0.2) is 27.8 Å². The molecular formula is C14H13N3O3. The predicted molar refractivity (Wildman–Crippen MR) is 72.0 cm³/mol. The first-order valence-electron chi connectivity index (χ1n) is 5.98. The molecule has 0 saturated heterocycles. The van der Waals surface area contributed by atoms with Crippen LogP contribution in [0.5, 0.6) is 0 Å². The van der Waals surface area contributed by atoms with E-state index in [0.717, 1.165) is 0 Å². The van der Waals surface area contributed by atoms with E-state index < -0.39 is 0 Å². The van der Waals surface area contributed by atoms with E-state index >= 15 is 0 Å². The number of carbonyl (C=O) groups is 1. The minimum absolute atomic E-state index is 0.00607. The summed E-state index contributed by atoms with van der Waals surface area (Å²) >= 11 is 0. The molecule has 0 saturated carbocycles. The number of anilines is 1. The van der Waals surface area contributed by atoms with Crippen molar-refractivity contribution in [3.05, 3.63) is 41.4 Å². The molecule has 2 rings (SSSR count). The lowest BCUT2D eigenvalue weighted by atomic mass is 10.2. The average molecular weight is 271 g/mol. The number of nitrogens with one attached hydrogen (secondary N) is 1. The van der Waals surface area contributed by atoms with Crippen LogP contribution in [0.25, 0.3) is 0 Å². The number of rotatable bonds is 3. The van der Waals surface area contributed by atoms with Gasteiger partial charge in [0, 0.05) is 30.4 Å². The largest absolute Gasteiger partial charge is 0.395 e. The molecule has 0 aliphatic rings. The molecule has 0 aromatic carbocycles. The highest BCUT2D eigenvalue weighted by Gasteiger charge is 2.09. The molecule has 0 unspecified atom stereocenters. The molecule has 0 bridgehead atoms. The van der Waals surface area contributed by atoms with E-state index in [1.807, 2.05) is 0 Å². The lowest BCUT2D eigenvalue weighted by molar-refractivity contribution is 0.102. The highest BCUT2D eigenvalue weighted by atomic mass is 16.5. The third-order valence-electron chi connectivity index (χ3n) is 2.34. The number of hydrogen-bond acceptors (Lipinski definition) is 5. The van der Waals surface area contributed by atoms with Gasteiger partial charge in [0.25, 0.3) is 5.91 Å². The van der Waals surface area contributed by atoms with Gasteiger partial charge in [-0.25, -0.2) is 0 Å². The van der Waals surface area contributed by atoms with E-state index in [1.165, 1.54) is 6.20 Å². The highest BCUT2D eigenvalue weighted by Crippen LogP contribution is 2.09. The first-order chi connectivity index (χ1) is 9.69.